The van der Waals surface area contributed by atoms with E-state index in [4.69, 9.17) is 10.4 Å². The van der Waals surface area contributed by atoms with Gasteiger partial charge in [0.2, 0.25) is 0 Å². The van der Waals surface area contributed by atoms with Gasteiger partial charge in [-0.2, -0.15) is 5.26 Å². The Morgan fingerprint density at radius 2 is 2.07 bits per heavy atom. The number of rotatable bonds is 3. The fourth-order valence-corrected chi connectivity index (χ4v) is 1.13. The number of nitriles is 1. The van der Waals surface area contributed by atoms with E-state index in [2.05, 4.69) is 0 Å². The predicted molar refractivity (Wildman–Crippen MR) is 49.3 cm³/mol. The first-order valence-corrected chi connectivity index (χ1v) is 4.27. The van der Waals surface area contributed by atoms with Crippen molar-refractivity contribution < 1.29 is 19.7 Å². The molecule has 4 nitrogen and oxygen atoms in total. The van der Waals surface area contributed by atoms with Gasteiger partial charge in [-0.05, 0) is 17.7 Å². The Bertz CT molecular complexity index is 389. The van der Waals surface area contributed by atoms with Crippen LogP contribution in [0.25, 0.3) is 0 Å². The van der Waals surface area contributed by atoms with Crippen molar-refractivity contribution in [2.45, 2.75) is 18.6 Å². The Morgan fingerprint density at radius 1 is 1.40 bits per heavy atom. The number of benzene rings is 1. The minimum Gasteiger partial charge on any atom is -0.505 e. The molecule has 1 aromatic carbocycles. The maximum atomic E-state index is 12.9. The van der Waals surface area contributed by atoms with E-state index in [1.807, 2.05) is 0 Å². The van der Waals surface area contributed by atoms with E-state index in [0.29, 0.717) is 0 Å². The van der Waals surface area contributed by atoms with Gasteiger partial charge in [-0.3, -0.25) is 0 Å². The van der Waals surface area contributed by atoms with E-state index < -0.39 is 23.8 Å². The average Bonchev–Trinajstić information content (AvgIpc) is 2.21. The number of aromatic hydroxyl groups is 1. The second kappa shape index (κ2) is 4.73. The molecule has 0 spiro atoms. The first-order chi connectivity index (χ1) is 7.06. The molecule has 0 aliphatic carbocycles. The topological polar surface area (TPSA) is 84.5 Å². The van der Waals surface area contributed by atoms with E-state index in [9.17, 15) is 14.6 Å². The van der Waals surface area contributed by atoms with Crippen LogP contribution in [0.2, 0.25) is 0 Å². The second-order valence-electron chi connectivity index (χ2n) is 3.09. The summed E-state index contributed by atoms with van der Waals surface area (Å²) in [4.78, 5) is 0. The Labute approximate surface area is 85.8 Å². The van der Waals surface area contributed by atoms with Crippen LogP contribution in [0, 0.1) is 17.1 Å². The van der Waals surface area contributed by atoms with Crippen LogP contribution >= 0.6 is 0 Å². The molecule has 0 saturated heterocycles. The molecule has 0 radical (unpaired) electrons. The van der Waals surface area contributed by atoms with Crippen molar-refractivity contribution in [2.24, 2.45) is 0 Å². The van der Waals surface area contributed by atoms with Crippen LogP contribution in [0.3, 0.4) is 0 Å². The van der Waals surface area contributed by atoms with Crippen molar-refractivity contribution >= 4 is 0 Å². The Balaban J connectivity index is 2.87. The summed E-state index contributed by atoms with van der Waals surface area (Å²) >= 11 is 0. The highest BCUT2D eigenvalue weighted by Crippen LogP contribution is 2.23. The zero-order valence-corrected chi connectivity index (χ0v) is 7.76. The fourth-order valence-electron chi connectivity index (χ4n) is 1.13. The van der Waals surface area contributed by atoms with E-state index >= 15 is 0 Å². The molecule has 0 amide bonds. The molecule has 0 aromatic heterocycles. The summed E-state index contributed by atoms with van der Waals surface area (Å²) in [6, 6.07) is 4.97. The van der Waals surface area contributed by atoms with Gasteiger partial charge < -0.3 is 15.3 Å². The van der Waals surface area contributed by atoms with Gasteiger partial charge in [0.25, 0.3) is 0 Å². The van der Waals surface area contributed by atoms with Crippen molar-refractivity contribution in [3.05, 3.63) is 29.6 Å². The molecular weight excluding hydrogens is 201 g/mol. The number of aliphatic hydroxyl groups is 2. The number of hydrogen-bond acceptors (Lipinski definition) is 4. The van der Waals surface area contributed by atoms with E-state index in [1.165, 1.54) is 6.07 Å². The second-order valence-corrected chi connectivity index (χ2v) is 3.09. The standard InChI is InChI=1S/C10H10FNO3/c11-7-5-6(1-2-8(7)13)10(15)9(14)3-4-12/h1-2,5,9-10,13-15H,3H2. The summed E-state index contributed by atoms with van der Waals surface area (Å²) < 4.78 is 12.9. The van der Waals surface area contributed by atoms with Gasteiger partial charge in [-0.1, -0.05) is 6.07 Å². The average molecular weight is 211 g/mol. The van der Waals surface area contributed by atoms with Crippen molar-refractivity contribution in [1.29, 1.82) is 5.26 Å². The van der Waals surface area contributed by atoms with Crippen LogP contribution < -0.4 is 0 Å². The van der Waals surface area contributed by atoms with Crippen LogP contribution in [0.4, 0.5) is 4.39 Å². The summed E-state index contributed by atoms with van der Waals surface area (Å²) in [6.45, 7) is 0. The van der Waals surface area contributed by atoms with Crippen LogP contribution in [-0.2, 0) is 0 Å². The number of phenolic OH excluding ortho intramolecular Hbond substituents is 1. The van der Waals surface area contributed by atoms with Crippen LogP contribution in [0.1, 0.15) is 18.1 Å². The third-order valence-electron chi connectivity index (χ3n) is 1.98. The molecule has 80 valence electrons. The summed E-state index contributed by atoms with van der Waals surface area (Å²) in [7, 11) is 0. The van der Waals surface area contributed by atoms with Gasteiger partial charge in [-0.15, -0.1) is 0 Å². The summed E-state index contributed by atoms with van der Waals surface area (Å²) in [5.74, 6) is -1.41. The molecule has 2 atom stereocenters. The zero-order valence-electron chi connectivity index (χ0n) is 7.76. The van der Waals surface area contributed by atoms with Gasteiger partial charge in [0.1, 0.15) is 6.10 Å². The normalized spacial score (nSPS) is 14.3. The lowest BCUT2D eigenvalue weighted by atomic mass is 10.0. The molecule has 0 saturated carbocycles. The number of hydrogen-bond donors (Lipinski definition) is 3. The number of aliphatic hydroxyl groups excluding tert-OH is 2. The fraction of sp³-hybridized carbons (Fsp3) is 0.300. The molecule has 1 rings (SSSR count). The molecular formula is C10H10FNO3. The first kappa shape index (κ1) is 11.4. The third kappa shape index (κ3) is 2.65. The molecule has 0 aliphatic heterocycles. The minimum absolute atomic E-state index is 0.119. The van der Waals surface area contributed by atoms with Gasteiger partial charge in [0.15, 0.2) is 11.6 Å². The zero-order chi connectivity index (χ0) is 11.4. The smallest absolute Gasteiger partial charge is 0.165 e. The molecule has 5 heteroatoms. The summed E-state index contributed by atoms with van der Waals surface area (Å²) in [5.41, 5.74) is 0.119. The maximum Gasteiger partial charge on any atom is 0.165 e. The quantitative estimate of drug-likeness (QED) is 0.691. The Kier molecular flexibility index (Phi) is 3.61. The Hall–Kier alpha value is -1.64. The molecule has 0 fully saturated rings. The molecule has 0 aliphatic rings. The van der Waals surface area contributed by atoms with Crippen molar-refractivity contribution in [3.8, 4) is 11.8 Å². The number of halogens is 1. The summed E-state index contributed by atoms with van der Waals surface area (Å²) in [6.07, 6.45) is -2.84. The lowest BCUT2D eigenvalue weighted by molar-refractivity contribution is 0.0214. The highest BCUT2D eigenvalue weighted by atomic mass is 19.1. The van der Waals surface area contributed by atoms with Crippen molar-refractivity contribution in [1.82, 2.24) is 0 Å². The van der Waals surface area contributed by atoms with E-state index in [0.717, 1.165) is 12.1 Å². The van der Waals surface area contributed by atoms with Crippen molar-refractivity contribution in [2.75, 3.05) is 0 Å². The van der Waals surface area contributed by atoms with E-state index in [-0.39, 0.29) is 12.0 Å². The van der Waals surface area contributed by atoms with Crippen molar-refractivity contribution in [3.63, 3.8) is 0 Å². The predicted octanol–water partition coefficient (Wildman–Crippen LogP) is 0.839. The lowest BCUT2D eigenvalue weighted by Gasteiger charge is -2.15. The van der Waals surface area contributed by atoms with Gasteiger partial charge in [0.05, 0.1) is 18.6 Å². The van der Waals surface area contributed by atoms with Gasteiger partial charge >= 0.3 is 0 Å². The molecule has 0 bridgehead atoms. The summed E-state index contributed by atoms with van der Waals surface area (Å²) in [5, 5.41) is 36.0. The maximum absolute atomic E-state index is 12.9. The largest absolute Gasteiger partial charge is 0.505 e. The highest BCUT2D eigenvalue weighted by Gasteiger charge is 2.19. The first-order valence-electron chi connectivity index (χ1n) is 4.27. The molecule has 15 heavy (non-hydrogen) atoms. The van der Waals surface area contributed by atoms with Gasteiger partial charge in [0, 0.05) is 0 Å². The minimum atomic E-state index is -1.33. The third-order valence-corrected chi connectivity index (χ3v) is 1.98. The number of phenols is 1. The molecule has 1 aromatic rings. The van der Waals surface area contributed by atoms with Gasteiger partial charge in [-0.25, -0.2) is 4.39 Å². The highest BCUT2D eigenvalue weighted by molar-refractivity contribution is 5.29. The SMILES string of the molecule is N#CCC(O)C(O)c1ccc(O)c(F)c1. The monoisotopic (exact) mass is 211 g/mol. The Morgan fingerprint density at radius 3 is 2.60 bits per heavy atom. The molecule has 2 unspecified atom stereocenters. The van der Waals surface area contributed by atoms with Crippen LogP contribution in [-0.4, -0.2) is 21.4 Å². The molecule has 0 heterocycles. The van der Waals surface area contributed by atoms with Crippen LogP contribution in [0.15, 0.2) is 18.2 Å². The number of nitrogens with zero attached hydrogens (tertiary/aromatic N) is 1. The van der Waals surface area contributed by atoms with E-state index in [1.54, 1.807) is 6.07 Å². The molecule has 3 N–H and O–H groups in total. The van der Waals surface area contributed by atoms with Crippen LogP contribution in [0.5, 0.6) is 5.75 Å². The lowest BCUT2D eigenvalue weighted by Crippen LogP contribution is -2.17.